The van der Waals surface area contributed by atoms with Gasteiger partial charge in [-0.25, -0.2) is 9.98 Å². The third-order valence-corrected chi connectivity index (χ3v) is 3.72. The topological polar surface area (TPSA) is 91.1 Å². The largest absolute Gasteiger partial charge is 0.461 e. The van der Waals surface area contributed by atoms with Crippen molar-refractivity contribution in [3.63, 3.8) is 0 Å². The molecule has 0 spiro atoms. The van der Waals surface area contributed by atoms with Gasteiger partial charge in [0.2, 0.25) is 5.82 Å². The molecule has 126 valence electrons. The summed E-state index contributed by atoms with van der Waals surface area (Å²) in [6.45, 7) is 8.66. The van der Waals surface area contributed by atoms with Crippen LogP contribution in [0.25, 0.3) is 11.6 Å². The van der Waals surface area contributed by atoms with Crippen molar-refractivity contribution in [2.24, 2.45) is 10.9 Å². The number of aliphatic imine (C=N–C) groups is 1. The van der Waals surface area contributed by atoms with Crippen molar-refractivity contribution in [1.29, 1.82) is 0 Å². The molecule has 7 heteroatoms. The van der Waals surface area contributed by atoms with E-state index in [4.69, 9.17) is 4.42 Å². The maximum Gasteiger partial charge on any atom is 0.216 e. The van der Waals surface area contributed by atoms with Crippen molar-refractivity contribution in [1.82, 2.24) is 25.8 Å². The highest BCUT2D eigenvalue weighted by Gasteiger charge is 2.08. The van der Waals surface area contributed by atoms with Crippen molar-refractivity contribution in [2.75, 3.05) is 13.1 Å². The number of guanidine groups is 1. The molecule has 0 saturated carbocycles. The maximum atomic E-state index is 5.28. The molecule has 23 heavy (non-hydrogen) atoms. The lowest BCUT2D eigenvalue weighted by molar-refractivity contribution is 0.481. The Hall–Kier alpha value is -2.31. The monoisotopic (exact) mass is 318 g/mol. The Bertz CT molecular complexity index is 585. The number of nitrogens with one attached hydrogen (secondary N) is 3. The molecule has 7 nitrogen and oxygen atoms in total. The number of hydrogen-bond donors (Lipinski definition) is 3. The average molecular weight is 318 g/mol. The van der Waals surface area contributed by atoms with Crippen LogP contribution in [-0.2, 0) is 6.54 Å². The van der Waals surface area contributed by atoms with Gasteiger partial charge in [0.15, 0.2) is 11.7 Å². The normalized spacial score (nSPS) is 11.9. The van der Waals surface area contributed by atoms with Gasteiger partial charge in [0.05, 0.1) is 6.26 Å². The van der Waals surface area contributed by atoms with Gasteiger partial charge in [-0.05, 0) is 25.0 Å². The molecule has 0 aromatic carbocycles. The second kappa shape index (κ2) is 8.97. The summed E-state index contributed by atoms with van der Waals surface area (Å²) in [6.07, 6.45) is 3.93. The molecule has 0 unspecified atom stereocenters. The van der Waals surface area contributed by atoms with E-state index in [2.05, 4.69) is 51.6 Å². The van der Waals surface area contributed by atoms with E-state index in [-0.39, 0.29) is 0 Å². The molecule has 0 aliphatic heterocycles. The molecule has 2 heterocycles. The zero-order valence-electron chi connectivity index (χ0n) is 14.1. The number of aromatic amines is 1. The smallest absolute Gasteiger partial charge is 0.216 e. The molecule has 0 aliphatic rings. The highest BCUT2D eigenvalue weighted by Crippen LogP contribution is 2.14. The molecular weight excluding hydrogens is 292 g/mol. The molecule has 0 saturated heterocycles. The number of hydrogen-bond acceptors (Lipinski definition) is 4. The van der Waals surface area contributed by atoms with Crippen LogP contribution in [0.2, 0.25) is 0 Å². The van der Waals surface area contributed by atoms with Crippen LogP contribution in [0.15, 0.2) is 27.8 Å². The van der Waals surface area contributed by atoms with Gasteiger partial charge < -0.3 is 15.1 Å². The summed E-state index contributed by atoms with van der Waals surface area (Å²) in [7, 11) is 0. The molecule has 2 aromatic rings. The van der Waals surface area contributed by atoms with Gasteiger partial charge in [0.1, 0.15) is 12.4 Å². The minimum atomic E-state index is 0.436. The first-order valence-electron chi connectivity index (χ1n) is 8.24. The van der Waals surface area contributed by atoms with Crippen LogP contribution in [0.5, 0.6) is 0 Å². The number of furan rings is 1. The summed E-state index contributed by atoms with van der Waals surface area (Å²) in [5.74, 6) is 3.37. The van der Waals surface area contributed by atoms with Gasteiger partial charge in [0, 0.05) is 13.1 Å². The van der Waals surface area contributed by atoms with Crippen LogP contribution < -0.4 is 10.6 Å². The highest BCUT2D eigenvalue weighted by molar-refractivity contribution is 5.79. The fourth-order valence-electron chi connectivity index (χ4n) is 2.20. The average Bonchev–Trinajstić information content (AvgIpc) is 3.24. The van der Waals surface area contributed by atoms with Crippen LogP contribution in [-0.4, -0.2) is 34.2 Å². The Labute approximate surface area is 137 Å². The second-order valence-corrected chi connectivity index (χ2v) is 5.34. The molecule has 0 radical (unpaired) electrons. The standard InChI is InChI=1S/C16H26N6O/c1-4-12(5-2)10-18-16(17-6-3)19-11-14-20-15(22-21-14)13-8-7-9-23-13/h7-9,12H,4-6,10-11H2,1-3H3,(H2,17,18,19)(H,20,21,22). The lowest BCUT2D eigenvalue weighted by atomic mass is 10.0. The van der Waals surface area contributed by atoms with E-state index in [1.165, 1.54) is 0 Å². The molecular formula is C16H26N6O. The van der Waals surface area contributed by atoms with Gasteiger partial charge in [-0.1, -0.05) is 26.7 Å². The first-order valence-corrected chi connectivity index (χ1v) is 8.24. The van der Waals surface area contributed by atoms with Crippen LogP contribution in [0.4, 0.5) is 0 Å². The van der Waals surface area contributed by atoms with E-state index < -0.39 is 0 Å². The van der Waals surface area contributed by atoms with Crippen molar-refractivity contribution >= 4 is 5.96 Å². The predicted octanol–water partition coefficient (Wildman–Crippen LogP) is 2.56. The lowest BCUT2D eigenvalue weighted by Gasteiger charge is -2.16. The van der Waals surface area contributed by atoms with Gasteiger partial charge in [0.25, 0.3) is 0 Å². The fourth-order valence-corrected chi connectivity index (χ4v) is 2.20. The number of aromatic nitrogens is 3. The molecule has 0 amide bonds. The molecule has 0 aliphatic carbocycles. The van der Waals surface area contributed by atoms with Crippen LogP contribution in [0, 0.1) is 5.92 Å². The van der Waals surface area contributed by atoms with Gasteiger partial charge >= 0.3 is 0 Å². The van der Waals surface area contributed by atoms with Crippen LogP contribution >= 0.6 is 0 Å². The third kappa shape index (κ3) is 5.12. The quantitative estimate of drug-likeness (QED) is 0.514. The second-order valence-electron chi connectivity index (χ2n) is 5.34. The number of nitrogens with zero attached hydrogens (tertiary/aromatic N) is 3. The highest BCUT2D eigenvalue weighted by atomic mass is 16.3. The van der Waals surface area contributed by atoms with E-state index in [1.54, 1.807) is 6.26 Å². The molecule has 0 fully saturated rings. The minimum Gasteiger partial charge on any atom is -0.461 e. The van der Waals surface area contributed by atoms with E-state index in [1.807, 2.05) is 12.1 Å². The Morgan fingerprint density at radius 2 is 2.13 bits per heavy atom. The van der Waals surface area contributed by atoms with Gasteiger partial charge in [-0.3, -0.25) is 5.10 Å². The number of rotatable bonds is 8. The third-order valence-electron chi connectivity index (χ3n) is 3.72. The van der Waals surface area contributed by atoms with E-state index >= 15 is 0 Å². The maximum absolute atomic E-state index is 5.28. The van der Waals surface area contributed by atoms with Crippen molar-refractivity contribution in [3.8, 4) is 11.6 Å². The summed E-state index contributed by atoms with van der Waals surface area (Å²) >= 11 is 0. The Morgan fingerprint density at radius 1 is 1.30 bits per heavy atom. The van der Waals surface area contributed by atoms with E-state index in [9.17, 15) is 0 Å². The molecule has 3 N–H and O–H groups in total. The zero-order valence-corrected chi connectivity index (χ0v) is 14.1. The summed E-state index contributed by atoms with van der Waals surface area (Å²) in [5.41, 5.74) is 0. The summed E-state index contributed by atoms with van der Waals surface area (Å²) in [4.78, 5) is 8.94. The van der Waals surface area contributed by atoms with Gasteiger partial charge in [-0.15, -0.1) is 5.10 Å². The van der Waals surface area contributed by atoms with Crippen molar-refractivity contribution < 1.29 is 4.42 Å². The van der Waals surface area contributed by atoms with Crippen LogP contribution in [0.3, 0.4) is 0 Å². The molecule has 0 atom stereocenters. The first-order chi connectivity index (χ1) is 11.3. The fraction of sp³-hybridized carbons (Fsp3) is 0.562. The lowest BCUT2D eigenvalue weighted by Crippen LogP contribution is -2.39. The minimum absolute atomic E-state index is 0.436. The van der Waals surface area contributed by atoms with Crippen LogP contribution in [0.1, 0.15) is 39.4 Å². The SMILES string of the molecule is CCNC(=NCc1nc(-c2ccco2)n[nH]1)NCC(CC)CC. The summed E-state index contributed by atoms with van der Waals surface area (Å²) in [6, 6.07) is 3.64. The predicted molar refractivity (Wildman–Crippen MR) is 91.0 cm³/mol. The summed E-state index contributed by atoms with van der Waals surface area (Å²) in [5, 5.41) is 13.7. The molecule has 2 rings (SSSR count). The Kier molecular flexibility index (Phi) is 6.65. The number of H-pyrrole nitrogens is 1. The molecule has 2 aromatic heterocycles. The Balaban J connectivity index is 1.94. The van der Waals surface area contributed by atoms with Crippen molar-refractivity contribution in [2.45, 2.75) is 40.2 Å². The van der Waals surface area contributed by atoms with Gasteiger partial charge in [-0.2, -0.15) is 0 Å². The Morgan fingerprint density at radius 3 is 2.78 bits per heavy atom. The van der Waals surface area contributed by atoms with Crippen molar-refractivity contribution in [3.05, 3.63) is 24.2 Å². The first kappa shape index (κ1) is 17.1. The molecule has 0 bridgehead atoms. The van der Waals surface area contributed by atoms with E-state index in [0.717, 1.165) is 31.9 Å². The zero-order chi connectivity index (χ0) is 16.5. The van der Waals surface area contributed by atoms with E-state index in [0.29, 0.717) is 29.9 Å². The summed E-state index contributed by atoms with van der Waals surface area (Å²) < 4.78 is 5.28.